The van der Waals surface area contributed by atoms with Gasteiger partial charge in [-0.25, -0.2) is 4.98 Å². The van der Waals surface area contributed by atoms with Crippen LogP contribution in [0.5, 0.6) is 0 Å². The monoisotopic (exact) mass is 520 g/mol. The molecule has 194 valence electrons. The zero-order chi connectivity index (χ0) is 25.9. The van der Waals surface area contributed by atoms with Crippen LogP contribution in [0.3, 0.4) is 0 Å². The highest BCUT2D eigenvalue weighted by atomic mass is 35.5. The molecule has 0 unspecified atom stereocenters. The molecular weight excluding hydrogens is 488 g/mol. The minimum Gasteiger partial charge on any atom is -0.364 e. The van der Waals surface area contributed by atoms with Gasteiger partial charge in [0.05, 0.1) is 23.4 Å². The van der Waals surface area contributed by atoms with Crippen LogP contribution in [-0.4, -0.2) is 83.3 Å². The highest BCUT2D eigenvalue weighted by Gasteiger charge is 2.21. The van der Waals surface area contributed by atoms with Crippen molar-refractivity contribution in [2.45, 2.75) is 20.4 Å². The van der Waals surface area contributed by atoms with Gasteiger partial charge in [-0.2, -0.15) is 4.98 Å². The first-order valence-corrected chi connectivity index (χ1v) is 13.0. The molecular formula is C27H33ClN8O. The van der Waals surface area contributed by atoms with Crippen LogP contribution in [0.2, 0.25) is 5.02 Å². The fourth-order valence-corrected chi connectivity index (χ4v) is 4.86. The fraction of sp³-hybridized carbons (Fsp3) is 0.407. The average molecular weight is 521 g/mol. The third-order valence-electron chi connectivity index (χ3n) is 6.74. The highest BCUT2D eigenvalue weighted by molar-refractivity contribution is 6.30. The number of pyridine rings is 1. The molecule has 9 nitrogen and oxygen atoms in total. The maximum Gasteiger partial charge on any atom is 0.227 e. The molecule has 1 aromatic carbocycles. The summed E-state index contributed by atoms with van der Waals surface area (Å²) in [6.45, 7) is 10.3. The summed E-state index contributed by atoms with van der Waals surface area (Å²) >= 11 is 6.19. The van der Waals surface area contributed by atoms with Crippen molar-refractivity contribution in [3.63, 3.8) is 0 Å². The zero-order valence-electron chi connectivity index (χ0n) is 21.8. The van der Waals surface area contributed by atoms with Gasteiger partial charge in [0.25, 0.3) is 0 Å². The molecule has 1 aliphatic rings. The van der Waals surface area contributed by atoms with Crippen LogP contribution in [0, 0.1) is 13.8 Å². The van der Waals surface area contributed by atoms with E-state index in [0.717, 1.165) is 90.2 Å². The molecule has 1 saturated heterocycles. The number of rotatable bonds is 8. The Morgan fingerprint density at radius 2 is 1.86 bits per heavy atom. The van der Waals surface area contributed by atoms with E-state index in [1.165, 1.54) is 0 Å². The van der Waals surface area contributed by atoms with Gasteiger partial charge in [-0.05, 0) is 57.8 Å². The maximum atomic E-state index is 6.19. The normalized spacial score (nSPS) is 14.6. The number of likely N-dealkylation sites (N-methyl/N-ethyl adjacent to an activating group) is 1. The van der Waals surface area contributed by atoms with Gasteiger partial charge >= 0.3 is 0 Å². The summed E-state index contributed by atoms with van der Waals surface area (Å²) in [5, 5.41) is 9.23. The standard InChI is InChI=1S/C27H33ClN8O/c1-18-25(19(2)37-33-18)20-5-6-24-23(15-20)26(30-17-22-16-21(28)7-8-29-22)32-27(31-24)36-13-11-35(12-14-36)10-9-34(3)4/h5-8,15-16H,9-14,17H2,1-4H3,(H,30,31,32). The lowest BCUT2D eigenvalue weighted by Gasteiger charge is -2.35. The number of hydrogen-bond donors (Lipinski definition) is 1. The number of benzene rings is 1. The molecule has 4 aromatic rings. The summed E-state index contributed by atoms with van der Waals surface area (Å²) in [4.78, 5) is 21.4. The molecule has 0 saturated carbocycles. The van der Waals surface area contributed by atoms with Crippen LogP contribution in [-0.2, 0) is 6.54 Å². The quantitative estimate of drug-likeness (QED) is 0.366. The molecule has 0 amide bonds. The molecule has 5 rings (SSSR count). The number of piperazine rings is 1. The lowest BCUT2D eigenvalue weighted by atomic mass is 10.0. The summed E-state index contributed by atoms with van der Waals surface area (Å²) in [6.07, 6.45) is 1.72. The van der Waals surface area contributed by atoms with E-state index >= 15 is 0 Å². The van der Waals surface area contributed by atoms with Gasteiger partial charge in [-0.3, -0.25) is 9.88 Å². The van der Waals surface area contributed by atoms with Crippen molar-refractivity contribution in [3.8, 4) is 11.1 Å². The minimum atomic E-state index is 0.500. The van der Waals surface area contributed by atoms with Crippen molar-refractivity contribution < 1.29 is 4.52 Å². The van der Waals surface area contributed by atoms with E-state index in [0.29, 0.717) is 11.6 Å². The predicted molar refractivity (Wildman–Crippen MR) is 148 cm³/mol. The second-order valence-corrected chi connectivity index (χ2v) is 10.2. The predicted octanol–water partition coefficient (Wildman–Crippen LogP) is 4.25. The molecule has 0 spiro atoms. The molecule has 1 N–H and O–H groups in total. The number of halogens is 1. The molecule has 1 aliphatic heterocycles. The summed E-state index contributed by atoms with van der Waals surface area (Å²) in [5.41, 5.74) is 4.62. The Morgan fingerprint density at radius 3 is 2.57 bits per heavy atom. The van der Waals surface area contributed by atoms with Crippen molar-refractivity contribution in [2.75, 3.05) is 63.6 Å². The van der Waals surface area contributed by atoms with Crippen molar-refractivity contribution in [2.24, 2.45) is 0 Å². The van der Waals surface area contributed by atoms with E-state index < -0.39 is 0 Å². The van der Waals surface area contributed by atoms with Crippen molar-refractivity contribution in [1.29, 1.82) is 0 Å². The van der Waals surface area contributed by atoms with Crippen molar-refractivity contribution >= 4 is 34.3 Å². The fourth-order valence-electron chi connectivity index (χ4n) is 4.68. The Kier molecular flexibility index (Phi) is 7.55. The van der Waals surface area contributed by atoms with Gasteiger partial charge in [-0.1, -0.05) is 22.8 Å². The molecule has 4 heterocycles. The van der Waals surface area contributed by atoms with Crippen LogP contribution in [0.15, 0.2) is 41.1 Å². The number of hydrogen-bond acceptors (Lipinski definition) is 9. The summed E-state index contributed by atoms with van der Waals surface area (Å²) < 4.78 is 5.42. The van der Waals surface area contributed by atoms with E-state index in [4.69, 9.17) is 26.1 Å². The van der Waals surface area contributed by atoms with E-state index in [-0.39, 0.29) is 0 Å². The second-order valence-electron chi connectivity index (χ2n) is 9.75. The minimum absolute atomic E-state index is 0.500. The molecule has 0 radical (unpaired) electrons. The Hall–Kier alpha value is -3.27. The van der Waals surface area contributed by atoms with Gasteiger partial charge in [-0.15, -0.1) is 0 Å². The van der Waals surface area contributed by atoms with E-state index in [1.807, 2.05) is 19.9 Å². The number of nitrogens with one attached hydrogen (secondary N) is 1. The van der Waals surface area contributed by atoms with E-state index in [2.05, 4.69) is 62.5 Å². The van der Waals surface area contributed by atoms with E-state index in [9.17, 15) is 0 Å². The van der Waals surface area contributed by atoms with Gasteiger partial charge in [0.1, 0.15) is 11.6 Å². The van der Waals surface area contributed by atoms with Gasteiger partial charge in [0.15, 0.2) is 0 Å². The van der Waals surface area contributed by atoms with Crippen LogP contribution in [0.4, 0.5) is 11.8 Å². The third-order valence-corrected chi connectivity index (χ3v) is 6.98. The number of anilines is 2. The molecule has 0 atom stereocenters. The Morgan fingerprint density at radius 1 is 1.05 bits per heavy atom. The summed E-state index contributed by atoms with van der Waals surface area (Å²) in [5.74, 6) is 2.30. The van der Waals surface area contributed by atoms with Crippen LogP contribution < -0.4 is 10.2 Å². The molecule has 0 bridgehead atoms. The summed E-state index contributed by atoms with van der Waals surface area (Å²) in [6, 6.07) is 9.88. The number of aryl methyl sites for hydroxylation is 2. The molecule has 10 heteroatoms. The Bertz CT molecular complexity index is 1360. The van der Waals surface area contributed by atoms with Crippen molar-refractivity contribution in [1.82, 2.24) is 29.9 Å². The van der Waals surface area contributed by atoms with Gasteiger partial charge in [0, 0.05) is 61.4 Å². The molecule has 1 fully saturated rings. The first-order chi connectivity index (χ1) is 17.9. The van der Waals surface area contributed by atoms with Gasteiger partial charge in [0.2, 0.25) is 5.95 Å². The Labute approximate surface area is 222 Å². The number of nitrogens with zero attached hydrogens (tertiary/aromatic N) is 7. The van der Waals surface area contributed by atoms with Crippen LogP contribution >= 0.6 is 11.6 Å². The smallest absolute Gasteiger partial charge is 0.227 e. The van der Waals surface area contributed by atoms with Crippen molar-refractivity contribution in [3.05, 3.63) is 58.7 Å². The van der Waals surface area contributed by atoms with E-state index in [1.54, 1.807) is 12.3 Å². The SMILES string of the molecule is Cc1noc(C)c1-c1ccc2nc(N3CCN(CCN(C)C)CC3)nc(NCc3cc(Cl)ccn3)c2c1. The highest BCUT2D eigenvalue weighted by Crippen LogP contribution is 2.32. The first-order valence-electron chi connectivity index (χ1n) is 12.6. The molecule has 37 heavy (non-hydrogen) atoms. The summed E-state index contributed by atoms with van der Waals surface area (Å²) in [7, 11) is 4.23. The lowest BCUT2D eigenvalue weighted by molar-refractivity contribution is 0.229. The van der Waals surface area contributed by atoms with Crippen LogP contribution in [0.1, 0.15) is 17.1 Å². The maximum absolute atomic E-state index is 6.19. The topological polar surface area (TPSA) is 86.5 Å². The average Bonchev–Trinajstić information content (AvgIpc) is 3.23. The zero-order valence-corrected chi connectivity index (χ0v) is 22.6. The third kappa shape index (κ3) is 5.84. The molecule has 0 aliphatic carbocycles. The molecule has 3 aromatic heterocycles. The van der Waals surface area contributed by atoms with Gasteiger partial charge < -0.3 is 19.6 Å². The number of aromatic nitrogens is 4. The largest absolute Gasteiger partial charge is 0.364 e. The first kappa shape index (κ1) is 25.4. The number of fused-ring (bicyclic) bond motifs is 1. The lowest BCUT2D eigenvalue weighted by Crippen LogP contribution is -2.48. The second kappa shape index (κ2) is 11.0. The van der Waals surface area contributed by atoms with Crippen LogP contribution in [0.25, 0.3) is 22.0 Å². The Balaban J connectivity index is 1.46.